The maximum atomic E-state index is 10.2. The fourth-order valence-electron chi connectivity index (χ4n) is 2.01. The standard InChI is InChI=1S/C14H17ClN2O/c1-10-4-3-5-12(14(10)15)13(18)7-6-11-8-9-16-17(11)2/h3-5,8-9,13,18H,6-7H2,1-2H3. The minimum atomic E-state index is -0.535. The average molecular weight is 265 g/mol. The molecular formula is C14H17ClN2O. The molecule has 96 valence electrons. The van der Waals surface area contributed by atoms with Crippen molar-refractivity contribution in [2.75, 3.05) is 0 Å². The lowest BCUT2D eigenvalue weighted by Gasteiger charge is -2.14. The van der Waals surface area contributed by atoms with Crippen LogP contribution in [0.2, 0.25) is 5.02 Å². The summed E-state index contributed by atoms with van der Waals surface area (Å²) >= 11 is 6.20. The lowest BCUT2D eigenvalue weighted by molar-refractivity contribution is 0.167. The minimum Gasteiger partial charge on any atom is -0.388 e. The molecule has 0 aliphatic heterocycles. The number of nitrogens with zero attached hydrogens (tertiary/aromatic N) is 2. The fraction of sp³-hybridized carbons (Fsp3) is 0.357. The van der Waals surface area contributed by atoms with Gasteiger partial charge in [-0.05, 0) is 37.0 Å². The van der Waals surface area contributed by atoms with Crippen molar-refractivity contribution in [3.8, 4) is 0 Å². The van der Waals surface area contributed by atoms with Gasteiger partial charge in [-0.1, -0.05) is 29.8 Å². The maximum Gasteiger partial charge on any atom is 0.0808 e. The van der Waals surface area contributed by atoms with E-state index in [1.807, 2.05) is 42.9 Å². The van der Waals surface area contributed by atoms with Gasteiger partial charge in [-0.25, -0.2) is 0 Å². The van der Waals surface area contributed by atoms with Crippen molar-refractivity contribution < 1.29 is 5.11 Å². The number of halogens is 1. The summed E-state index contributed by atoms with van der Waals surface area (Å²) in [7, 11) is 1.90. The number of hydrogen-bond acceptors (Lipinski definition) is 2. The van der Waals surface area contributed by atoms with Crippen LogP contribution < -0.4 is 0 Å². The van der Waals surface area contributed by atoms with Crippen LogP contribution in [-0.4, -0.2) is 14.9 Å². The highest BCUT2D eigenvalue weighted by molar-refractivity contribution is 6.32. The van der Waals surface area contributed by atoms with E-state index >= 15 is 0 Å². The Balaban J connectivity index is 2.06. The van der Waals surface area contributed by atoms with Gasteiger partial charge < -0.3 is 5.11 Å². The van der Waals surface area contributed by atoms with Gasteiger partial charge in [0.05, 0.1) is 6.10 Å². The van der Waals surface area contributed by atoms with E-state index in [-0.39, 0.29) is 0 Å². The number of hydrogen-bond donors (Lipinski definition) is 1. The van der Waals surface area contributed by atoms with Crippen molar-refractivity contribution in [2.24, 2.45) is 7.05 Å². The summed E-state index contributed by atoms with van der Waals surface area (Å²) < 4.78 is 1.82. The van der Waals surface area contributed by atoms with E-state index in [0.717, 1.165) is 23.2 Å². The zero-order valence-corrected chi connectivity index (χ0v) is 11.4. The van der Waals surface area contributed by atoms with Crippen LogP contribution in [0.1, 0.15) is 29.3 Å². The predicted molar refractivity (Wildman–Crippen MR) is 72.7 cm³/mol. The highest BCUT2D eigenvalue weighted by Gasteiger charge is 2.13. The second-order valence-electron chi connectivity index (χ2n) is 4.48. The zero-order valence-electron chi connectivity index (χ0n) is 10.6. The van der Waals surface area contributed by atoms with Gasteiger partial charge in [0.25, 0.3) is 0 Å². The van der Waals surface area contributed by atoms with Crippen LogP contribution in [0, 0.1) is 6.92 Å². The molecule has 1 atom stereocenters. The van der Waals surface area contributed by atoms with E-state index in [1.54, 1.807) is 6.20 Å². The summed E-state index contributed by atoms with van der Waals surface area (Å²) in [5.41, 5.74) is 2.91. The topological polar surface area (TPSA) is 38.1 Å². The molecule has 1 aromatic carbocycles. The number of aromatic nitrogens is 2. The molecule has 0 saturated heterocycles. The van der Waals surface area contributed by atoms with E-state index in [9.17, 15) is 5.11 Å². The van der Waals surface area contributed by atoms with Crippen LogP contribution >= 0.6 is 11.6 Å². The predicted octanol–water partition coefficient (Wildman–Crippen LogP) is 3.05. The first kappa shape index (κ1) is 13.1. The summed E-state index contributed by atoms with van der Waals surface area (Å²) in [6, 6.07) is 7.71. The van der Waals surface area contributed by atoms with E-state index in [1.165, 1.54) is 0 Å². The summed E-state index contributed by atoms with van der Waals surface area (Å²) in [4.78, 5) is 0. The number of aliphatic hydroxyl groups is 1. The van der Waals surface area contributed by atoms with E-state index in [2.05, 4.69) is 5.10 Å². The van der Waals surface area contributed by atoms with Gasteiger partial charge >= 0.3 is 0 Å². The van der Waals surface area contributed by atoms with Crippen LogP contribution in [0.3, 0.4) is 0 Å². The Kier molecular flexibility index (Phi) is 4.04. The molecule has 18 heavy (non-hydrogen) atoms. The maximum absolute atomic E-state index is 10.2. The van der Waals surface area contributed by atoms with Crippen molar-refractivity contribution in [2.45, 2.75) is 25.9 Å². The van der Waals surface area contributed by atoms with Crippen molar-refractivity contribution >= 4 is 11.6 Å². The van der Waals surface area contributed by atoms with E-state index in [4.69, 9.17) is 11.6 Å². The Bertz CT molecular complexity index is 536. The molecule has 1 aromatic heterocycles. The Labute approximate surface area is 112 Å². The molecule has 0 fully saturated rings. The molecule has 2 aromatic rings. The molecule has 0 aliphatic rings. The monoisotopic (exact) mass is 264 g/mol. The molecule has 0 saturated carbocycles. The van der Waals surface area contributed by atoms with Gasteiger partial charge in [-0.3, -0.25) is 4.68 Å². The summed E-state index contributed by atoms with van der Waals surface area (Å²) in [6.45, 7) is 1.94. The van der Waals surface area contributed by atoms with Crippen LogP contribution in [-0.2, 0) is 13.5 Å². The molecule has 2 rings (SSSR count). The highest BCUT2D eigenvalue weighted by atomic mass is 35.5. The third kappa shape index (κ3) is 2.74. The average Bonchev–Trinajstić information content (AvgIpc) is 2.75. The Morgan fingerprint density at radius 3 is 2.83 bits per heavy atom. The second kappa shape index (κ2) is 5.55. The molecule has 4 heteroatoms. The molecule has 0 aliphatic carbocycles. The number of benzene rings is 1. The van der Waals surface area contributed by atoms with Crippen LogP contribution in [0.5, 0.6) is 0 Å². The largest absolute Gasteiger partial charge is 0.388 e. The summed E-state index contributed by atoms with van der Waals surface area (Å²) in [6.07, 6.45) is 2.65. The van der Waals surface area contributed by atoms with E-state index < -0.39 is 6.10 Å². The SMILES string of the molecule is Cc1cccc(C(O)CCc2ccnn2C)c1Cl. The Morgan fingerprint density at radius 2 is 2.17 bits per heavy atom. The Morgan fingerprint density at radius 1 is 1.39 bits per heavy atom. The first-order valence-electron chi connectivity index (χ1n) is 5.99. The van der Waals surface area contributed by atoms with Crippen molar-refractivity contribution in [1.82, 2.24) is 9.78 Å². The molecule has 0 amide bonds. The molecule has 0 bridgehead atoms. The third-order valence-corrected chi connectivity index (χ3v) is 3.69. The summed E-state index contributed by atoms with van der Waals surface area (Å²) in [5.74, 6) is 0. The number of rotatable bonds is 4. The molecule has 1 heterocycles. The van der Waals surface area contributed by atoms with Gasteiger partial charge in [0.2, 0.25) is 0 Å². The number of aryl methyl sites for hydroxylation is 3. The molecular weight excluding hydrogens is 248 g/mol. The fourth-order valence-corrected chi connectivity index (χ4v) is 2.27. The highest BCUT2D eigenvalue weighted by Crippen LogP contribution is 2.28. The first-order chi connectivity index (χ1) is 8.59. The van der Waals surface area contributed by atoms with Gasteiger partial charge in [0.1, 0.15) is 0 Å². The molecule has 0 spiro atoms. The van der Waals surface area contributed by atoms with Crippen molar-refractivity contribution in [3.05, 3.63) is 52.3 Å². The normalized spacial score (nSPS) is 12.7. The van der Waals surface area contributed by atoms with Crippen LogP contribution in [0.25, 0.3) is 0 Å². The van der Waals surface area contributed by atoms with E-state index in [0.29, 0.717) is 11.4 Å². The number of aliphatic hydroxyl groups excluding tert-OH is 1. The molecule has 3 nitrogen and oxygen atoms in total. The smallest absolute Gasteiger partial charge is 0.0808 e. The molecule has 1 unspecified atom stereocenters. The van der Waals surface area contributed by atoms with Gasteiger partial charge in [0.15, 0.2) is 0 Å². The third-order valence-electron chi connectivity index (χ3n) is 3.18. The minimum absolute atomic E-state index is 0.535. The Hall–Kier alpha value is -1.32. The molecule has 0 radical (unpaired) electrons. The first-order valence-corrected chi connectivity index (χ1v) is 6.37. The summed E-state index contributed by atoms with van der Waals surface area (Å²) in [5, 5.41) is 15.0. The lowest BCUT2D eigenvalue weighted by Crippen LogP contribution is -2.04. The lowest BCUT2D eigenvalue weighted by atomic mass is 10.0. The van der Waals surface area contributed by atoms with Gasteiger partial charge in [0, 0.05) is 24.0 Å². The van der Waals surface area contributed by atoms with Crippen molar-refractivity contribution in [1.29, 1.82) is 0 Å². The van der Waals surface area contributed by atoms with Crippen LogP contribution in [0.4, 0.5) is 0 Å². The van der Waals surface area contributed by atoms with Crippen molar-refractivity contribution in [3.63, 3.8) is 0 Å². The van der Waals surface area contributed by atoms with Crippen LogP contribution in [0.15, 0.2) is 30.5 Å². The second-order valence-corrected chi connectivity index (χ2v) is 4.86. The zero-order chi connectivity index (χ0) is 13.1. The van der Waals surface area contributed by atoms with Gasteiger partial charge in [-0.2, -0.15) is 5.10 Å². The quantitative estimate of drug-likeness (QED) is 0.922. The molecule has 1 N–H and O–H groups in total. The van der Waals surface area contributed by atoms with Gasteiger partial charge in [-0.15, -0.1) is 0 Å².